The minimum atomic E-state index is -0.452. The summed E-state index contributed by atoms with van der Waals surface area (Å²) in [5, 5.41) is 2.52. The molecule has 0 saturated carbocycles. The highest BCUT2D eigenvalue weighted by atomic mass is 35.5. The Labute approximate surface area is 74.3 Å². The van der Waals surface area contributed by atoms with Crippen LogP contribution in [0, 0.1) is 5.82 Å². The van der Waals surface area contributed by atoms with Crippen LogP contribution in [0.5, 0.6) is 0 Å². The number of carbonyl (C=O) groups excluding carboxylic acids is 1. The zero-order valence-electron chi connectivity index (χ0n) is 6.18. The summed E-state index contributed by atoms with van der Waals surface area (Å²) >= 11 is 5.50. The number of hydrogen-bond donors (Lipinski definition) is 1. The molecule has 1 N–H and O–H groups in total. The van der Waals surface area contributed by atoms with Gasteiger partial charge in [0.05, 0.1) is 5.02 Å². The van der Waals surface area contributed by atoms with Crippen LogP contribution in [0.25, 0.3) is 0 Å². The lowest BCUT2D eigenvalue weighted by molar-refractivity contribution is -0.109. The summed E-state index contributed by atoms with van der Waals surface area (Å²) in [4.78, 5) is 9.91. The monoisotopic (exact) mass is 187 g/mol. The van der Waals surface area contributed by atoms with E-state index in [0.29, 0.717) is 13.0 Å². The van der Waals surface area contributed by atoms with E-state index in [1.54, 1.807) is 6.07 Å². The molecule has 2 nitrogen and oxygen atoms in total. The second-order valence-electron chi connectivity index (χ2n) is 2.25. The third-order valence-corrected chi connectivity index (χ3v) is 1.66. The Morgan fingerprint density at radius 1 is 1.58 bits per heavy atom. The Hall–Kier alpha value is -1.09. The second-order valence-corrected chi connectivity index (χ2v) is 2.65. The van der Waals surface area contributed by atoms with Crippen molar-refractivity contribution in [2.75, 3.05) is 0 Å². The third kappa shape index (κ3) is 2.20. The largest absolute Gasteiger partial charge is 0.355 e. The number of benzene rings is 1. The summed E-state index contributed by atoms with van der Waals surface area (Å²) in [7, 11) is 0. The molecule has 0 saturated heterocycles. The fraction of sp³-hybridized carbons (Fsp3) is 0.125. The average Bonchev–Trinajstić information content (AvgIpc) is 2.07. The van der Waals surface area contributed by atoms with E-state index in [0.717, 1.165) is 5.56 Å². The highest BCUT2D eigenvalue weighted by Gasteiger charge is 1.99. The van der Waals surface area contributed by atoms with Gasteiger partial charge in [0, 0.05) is 6.54 Å². The fourth-order valence-corrected chi connectivity index (χ4v) is 1.01. The molecule has 12 heavy (non-hydrogen) atoms. The fourth-order valence-electron chi connectivity index (χ4n) is 0.809. The lowest BCUT2D eigenvalue weighted by Crippen LogP contribution is -2.09. The van der Waals surface area contributed by atoms with Crippen molar-refractivity contribution in [2.24, 2.45) is 0 Å². The molecule has 0 bridgehead atoms. The van der Waals surface area contributed by atoms with Crippen molar-refractivity contribution < 1.29 is 9.18 Å². The van der Waals surface area contributed by atoms with E-state index in [9.17, 15) is 9.18 Å². The number of halogens is 2. The maximum absolute atomic E-state index is 12.6. The van der Waals surface area contributed by atoms with Crippen LogP contribution < -0.4 is 5.32 Å². The van der Waals surface area contributed by atoms with Gasteiger partial charge in [0.2, 0.25) is 6.41 Å². The molecule has 1 aromatic rings. The summed E-state index contributed by atoms with van der Waals surface area (Å²) in [6.07, 6.45) is 0.581. The molecular weight excluding hydrogens is 181 g/mol. The second kappa shape index (κ2) is 4.07. The Morgan fingerprint density at radius 2 is 2.33 bits per heavy atom. The van der Waals surface area contributed by atoms with Crippen molar-refractivity contribution in [3.05, 3.63) is 34.6 Å². The first kappa shape index (κ1) is 9.00. The minimum absolute atomic E-state index is 0.0696. The number of rotatable bonds is 3. The van der Waals surface area contributed by atoms with Crippen LogP contribution >= 0.6 is 11.6 Å². The maximum Gasteiger partial charge on any atom is 0.207 e. The molecule has 1 amide bonds. The Kier molecular flexibility index (Phi) is 3.05. The Morgan fingerprint density at radius 3 is 2.92 bits per heavy atom. The molecule has 0 atom stereocenters. The number of nitrogens with one attached hydrogen (secondary N) is 1. The van der Waals surface area contributed by atoms with Crippen LogP contribution in [0.4, 0.5) is 4.39 Å². The first-order valence-corrected chi connectivity index (χ1v) is 3.73. The van der Waals surface area contributed by atoms with Gasteiger partial charge < -0.3 is 5.32 Å². The first-order chi connectivity index (χ1) is 5.74. The van der Waals surface area contributed by atoms with E-state index in [1.807, 2.05) is 0 Å². The molecule has 0 fully saturated rings. The summed E-state index contributed by atoms with van der Waals surface area (Å²) in [5.41, 5.74) is 0.772. The molecule has 0 aliphatic rings. The van der Waals surface area contributed by atoms with Crippen molar-refractivity contribution in [1.82, 2.24) is 5.32 Å². The molecule has 0 aliphatic carbocycles. The number of hydrogen-bond acceptors (Lipinski definition) is 1. The van der Waals surface area contributed by atoms with Crippen molar-refractivity contribution in [2.45, 2.75) is 6.54 Å². The highest BCUT2D eigenvalue weighted by Crippen LogP contribution is 2.15. The van der Waals surface area contributed by atoms with Crippen LogP contribution in [0.3, 0.4) is 0 Å². The van der Waals surface area contributed by atoms with Gasteiger partial charge in [0.25, 0.3) is 0 Å². The Balaban J connectivity index is 2.75. The normalized spacial score (nSPS) is 9.50. The predicted octanol–water partition coefficient (Wildman–Crippen LogP) is 1.73. The quantitative estimate of drug-likeness (QED) is 0.718. The van der Waals surface area contributed by atoms with Gasteiger partial charge in [-0.1, -0.05) is 17.7 Å². The minimum Gasteiger partial charge on any atom is -0.355 e. The zero-order chi connectivity index (χ0) is 8.97. The zero-order valence-corrected chi connectivity index (χ0v) is 6.94. The lowest BCUT2D eigenvalue weighted by atomic mass is 10.2. The number of amides is 1. The highest BCUT2D eigenvalue weighted by molar-refractivity contribution is 6.30. The van der Waals surface area contributed by atoms with Gasteiger partial charge in [-0.3, -0.25) is 4.79 Å². The lowest BCUT2D eigenvalue weighted by Gasteiger charge is -2.00. The van der Waals surface area contributed by atoms with Gasteiger partial charge in [0.15, 0.2) is 0 Å². The molecule has 64 valence electrons. The summed E-state index contributed by atoms with van der Waals surface area (Å²) in [5.74, 6) is -0.452. The van der Waals surface area contributed by atoms with Gasteiger partial charge in [-0.2, -0.15) is 0 Å². The third-order valence-electron chi connectivity index (χ3n) is 1.37. The predicted molar refractivity (Wildman–Crippen MR) is 44.3 cm³/mol. The molecular formula is C8H7ClFNO. The van der Waals surface area contributed by atoms with E-state index in [1.165, 1.54) is 12.1 Å². The van der Waals surface area contributed by atoms with Gasteiger partial charge >= 0.3 is 0 Å². The molecule has 0 heterocycles. The molecule has 1 aromatic carbocycles. The smallest absolute Gasteiger partial charge is 0.207 e. The average molecular weight is 188 g/mol. The summed E-state index contributed by atoms with van der Waals surface area (Å²) in [6, 6.07) is 4.31. The van der Waals surface area contributed by atoms with E-state index in [4.69, 9.17) is 11.6 Å². The Bertz CT molecular complexity index is 290. The van der Waals surface area contributed by atoms with Crippen molar-refractivity contribution >= 4 is 18.0 Å². The van der Waals surface area contributed by atoms with Crippen LogP contribution in [0.1, 0.15) is 5.56 Å². The summed E-state index contributed by atoms with van der Waals surface area (Å²) < 4.78 is 12.6. The molecule has 0 aliphatic heterocycles. The number of carbonyl (C=O) groups is 1. The first-order valence-electron chi connectivity index (χ1n) is 3.35. The molecule has 0 aromatic heterocycles. The standard InChI is InChI=1S/C8H7ClFNO/c9-7-3-6(4-11-5-12)1-2-8(7)10/h1-3,5H,4H2,(H,11,12). The molecule has 1 rings (SSSR count). The van der Waals surface area contributed by atoms with Gasteiger partial charge in [-0.25, -0.2) is 4.39 Å². The molecule has 4 heteroatoms. The molecule has 0 spiro atoms. The van der Waals surface area contributed by atoms with E-state index < -0.39 is 5.82 Å². The van der Waals surface area contributed by atoms with Crippen molar-refractivity contribution in [3.8, 4) is 0 Å². The van der Waals surface area contributed by atoms with Crippen LogP contribution in [-0.2, 0) is 11.3 Å². The van der Waals surface area contributed by atoms with E-state index in [-0.39, 0.29) is 5.02 Å². The van der Waals surface area contributed by atoms with E-state index >= 15 is 0 Å². The van der Waals surface area contributed by atoms with Crippen LogP contribution in [0.2, 0.25) is 5.02 Å². The van der Waals surface area contributed by atoms with E-state index in [2.05, 4.69) is 5.32 Å². The SMILES string of the molecule is O=CNCc1ccc(F)c(Cl)c1. The summed E-state index contributed by atoms with van der Waals surface area (Å²) in [6.45, 7) is 0.365. The maximum atomic E-state index is 12.6. The molecule has 0 unspecified atom stereocenters. The van der Waals surface area contributed by atoms with Crippen LogP contribution in [-0.4, -0.2) is 6.41 Å². The van der Waals surface area contributed by atoms with Gasteiger partial charge in [-0.05, 0) is 17.7 Å². The topological polar surface area (TPSA) is 29.1 Å². The van der Waals surface area contributed by atoms with Crippen molar-refractivity contribution in [3.63, 3.8) is 0 Å². The van der Waals surface area contributed by atoms with Crippen molar-refractivity contribution in [1.29, 1.82) is 0 Å². The molecule has 0 radical (unpaired) electrons. The van der Waals surface area contributed by atoms with Crippen LogP contribution in [0.15, 0.2) is 18.2 Å². The van der Waals surface area contributed by atoms with Gasteiger partial charge in [0.1, 0.15) is 5.82 Å². The van der Waals surface area contributed by atoms with Gasteiger partial charge in [-0.15, -0.1) is 0 Å².